The monoisotopic (exact) mass is 352 g/mol. The number of hydrogen-bond acceptors (Lipinski definition) is 1. The van der Waals surface area contributed by atoms with Crippen LogP contribution < -0.4 is 0 Å². The van der Waals surface area contributed by atoms with Crippen molar-refractivity contribution in [2.24, 2.45) is 11.3 Å². The minimum atomic E-state index is -4.53. The molecule has 0 rings (SSSR count). The van der Waals surface area contributed by atoms with Crippen molar-refractivity contribution in [2.75, 3.05) is 0 Å². The molecule has 5 heteroatoms. The van der Waals surface area contributed by atoms with E-state index in [0.29, 0.717) is 5.57 Å². The lowest BCUT2D eigenvalue weighted by atomic mass is 9.82. The van der Waals surface area contributed by atoms with Gasteiger partial charge >= 0.3 is 12.0 Å². The first-order valence-corrected chi connectivity index (χ1v) is 8.55. The molecule has 0 saturated heterocycles. The third kappa shape index (κ3) is 5.08. The normalized spacial score (nSPS) is 17.8. The van der Waals surface area contributed by atoms with E-state index in [9.17, 15) is 17.6 Å². The summed E-state index contributed by atoms with van der Waals surface area (Å²) in [7, 11) is 0. The number of allylic oxidation sites excluding steroid dienone is 3. The Bertz CT molecular complexity index is 464. The lowest BCUT2D eigenvalue weighted by Gasteiger charge is -2.38. The Labute approximate surface area is 144 Å². The topological polar surface area (TPSA) is 9.23 Å². The van der Waals surface area contributed by atoms with Crippen molar-refractivity contribution in [1.82, 2.24) is 0 Å². The van der Waals surface area contributed by atoms with E-state index in [-0.39, 0.29) is 12.3 Å². The molecule has 0 aliphatic carbocycles. The van der Waals surface area contributed by atoms with Crippen LogP contribution in [-0.4, -0.2) is 18.1 Å². The van der Waals surface area contributed by atoms with Crippen molar-refractivity contribution in [3.05, 3.63) is 23.3 Å². The summed E-state index contributed by atoms with van der Waals surface area (Å²) >= 11 is 0. The Morgan fingerprint density at radius 2 is 1.58 bits per heavy atom. The van der Waals surface area contributed by atoms with E-state index in [2.05, 4.69) is 4.74 Å². The second kappa shape index (κ2) is 8.50. The summed E-state index contributed by atoms with van der Waals surface area (Å²) in [6.45, 7) is 12.6. The molecule has 0 heterocycles. The van der Waals surface area contributed by atoms with Gasteiger partial charge in [0.15, 0.2) is 0 Å². The maximum absolute atomic E-state index is 14.2. The average molecular weight is 352 g/mol. The van der Waals surface area contributed by atoms with Crippen LogP contribution in [-0.2, 0) is 4.74 Å². The molecular weight excluding hydrogens is 320 g/mol. The van der Waals surface area contributed by atoms with Crippen LogP contribution in [0, 0.1) is 11.3 Å². The van der Waals surface area contributed by atoms with E-state index in [1.54, 1.807) is 13.0 Å². The van der Waals surface area contributed by atoms with Gasteiger partial charge in [0.2, 0.25) is 0 Å². The lowest BCUT2D eigenvalue weighted by Crippen LogP contribution is -2.53. The maximum atomic E-state index is 14.2. The summed E-state index contributed by atoms with van der Waals surface area (Å²) in [6.07, 6.45) is -1.18. The van der Waals surface area contributed by atoms with Crippen molar-refractivity contribution in [1.29, 1.82) is 0 Å². The zero-order valence-corrected chi connectivity index (χ0v) is 16.1. The van der Waals surface area contributed by atoms with Crippen molar-refractivity contribution >= 4 is 0 Å². The first kappa shape index (κ1) is 23.2. The minimum Gasteiger partial charge on any atom is -0.308 e. The van der Waals surface area contributed by atoms with Crippen LogP contribution in [0.5, 0.6) is 0 Å². The summed E-state index contributed by atoms with van der Waals surface area (Å²) in [6, 6.07) is 0. The van der Waals surface area contributed by atoms with Crippen molar-refractivity contribution in [3.8, 4) is 0 Å². The van der Waals surface area contributed by atoms with Gasteiger partial charge in [-0.1, -0.05) is 46.8 Å². The molecule has 0 aromatic heterocycles. The molecule has 0 spiro atoms. The number of alkyl halides is 4. The van der Waals surface area contributed by atoms with Gasteiger partial charge in [-0.3, -0.25) is 0 Å². The van der Waals surface area contributed by atoms with Crippen molar-refractivity contribution < 1.29 is 22.3 Å². The Morgan fingerprint density at radius 3 is 1.96 bits per heavy atom. The minimum absolute atomic E-state index is 0.0844. The van der Waals surface area contributed by atoms with Gasteiger partial charge in [0.1, 0.15) is 0 Å². The lowest BCUT2D eigenvalue weighted by molar-refractivity contribution is -0.383. The van der Waals surface area contributed by atoms with Gasteiger partial charge < -0.3 is 4.74 Å². The number of ether oxygens (including phenoxy) is 1. The highest BCUT2D eigenvalue weighted by molar-refractivity contribution is 5.26. The molecule has 0 amide bonds. The van der Waals surface area contributed by atoms with E-state index in [1.165, 1.54) is 13.8 Å². The summed E-state index contributed by atoms with van der Waals surface area (Å²) < 4.78 is 61.2. The molecule has 0 N–H and O–H groups in total. The van der Waals surface area contributed by atoms with Crippen molar-refractivity contribution in [2.45, 2.75) is 86.4 Å². The largest absolute Gasteiger partial charge is 0.420 e. The Balaban J connectivity index is 5.38. The fraction of sp³-hybridized carbons (Fsp3) is 0.789. The van der Waals surface area contributed by atoms with Crippen molar-refractivity contribution in [3.63, 3.8) is 0 Å². The van der Waals surface area contributed by atoms with E-state index >= 15 is 0 Å². The summed E-state index contributed by atoms with van der Waals surface area (Å²) in [4.78, 5) is 0. The average Bonchev–Trinajstić information content (AvgIpc) is 2.50. The molecule has 24 heavy (non-hydrogen) atoms. The van der Waals surface area contributed by atoms with Crippen LogP contribution in [0.2, 0.25) is 0 Å². The van der Waals surface area contributed by atoms with Crippen LogP contribution >= 0.6 is 0 Å². The highest BCUT2D eigenvalue weighted by Crippen LogP contribution is 2.50. The molecular formula is C19H32F4O. The summed E-state index contributed by atoms with van der Waals surface area (Å²) in [5.41, 5.74) is -0.387. The zero-order chi connectivity index (χ0) is 19.3. The quantitative estimate of drug-likeness (QED) is 0.321. The van der Waals surface area contributed by atoms with E-state index in [0.717, 1.165) is 25.8 Å². The van der Waals surface area contributed by atoms with E-state index in [1.807, 2.05) is 26.8 Å². The highest BCUT2D eigenvalue weighted by Gasteiger charge is 2.66. The predicted molar refractivity (Wildman–Crippen MR) is 91.5 cm³/mol. The summed E-state index contributed by atoms with van der Waals surface area (Å²) in [5.74, 6) is -4.00. The second-order valence-electron chi connectivity index (χ2n) is 7.08. The Kier molecular flexibility index (Phi) is 8.21. The molecule has 0 aromatic rings. The third-order valence-electron chi connectivity index (χ3n) is 4.97. The van der Waals surface area contributed by atoms with Gasteiger partial charge in [-0.2, -0.15) is 17.6 Å². The molecule has 0 radical (unpaired) electrons. The molecule has 0 aliphatic rings. The molecule has 0 fully saturated rings. The van der Waals surface area contributed by atoms with Gasteiger partial charge in [0, 0.05) is 5.41 Å². The molecule has 142 valence electrons. The summed E-state index contributed by atoms with van der Waals surface area (Å²) in [5, 5.41) is 0. The second-order valence-corrected chi connectivity index (χ2v) is 7.08. The molecule has 2 unspecified atom stereocenters. The van der Waals surface area contributed by atoms with E-state index in [4.69, 9.17) is 0 Å². The molecule has 0 aliphatic heterocycles. The van der Waals surface area contributed by atoms with Gasteiger partial charge in [-0.05, 0) is 50.7 Å². The first-order valence-electron chi connectivity index (χ1n) is 8.55. The van der Waals surface area contributed by atoms with Gasteiger partial charge in [0.05, 0.1) is 6.10 Å². The van der Waals surface area contributed by atoms with Crippen LogP contribution in [0.1, 0.15) is 68.2 Å². The predicted octanol–water partition coefficient (Wildman–Crippen LogP) is 6.99. The Hall–Kier alpha value is -0.840. The Morgan fingerprint density at radius 1 is 1.08 bits per heavy atom. The fourth-order valence-corrected chi connectivity index (χ4v) is 2.13. The van der Waals surface area contributed by atoms with Crippen LogP contribution in [0.25, 0.3) is 0 Å². The fourth-order valence-electron chi connectivity index (χ4n) is 2.13. The molecule has 0 saturated carbocycles. The molecule has 0 bridgehead atoms. The third-order valence-corrected chi connectivity index (χ3v) is 4.97. The number of halogens is 4. The van der Waals surface area contributed by atoms with Crippen LogP contribution in [0.4, 0.5) is 17.6 Å². The molecule has 2 atom stereocenters. The van der Waals surface area contributed by atoms with Gasteiger partial charge in [-0.15, -0.1) is 0 Å². The smallest absolute Gasteiger partial charge is 0.308 e. The highest BCUT2D eigenvalue weighted by atomic mass is 19.3. The molecule has 1 nitrogen and oxygen atoms in total. The van der Waals surface area contributed by atoms with Crippen LogP contribution in [0.3, 0.4) is 0 Å². The SMILES string of the molecule is C/C=C(\C=C(\C)C(C)OC(F)(F)C(F)(F)C(C)(C)CC)C(C)CC. The van der Waals surface area contributed by atoms with Gasteiger partial charge in [-0.25, -0.2) is 0 Å². The maximum Gasteiger partial charge on any atom is 0.420 e. The zero-order valence-electron chi connectivity index (χ0n) is 16.1. The van der Waals surface area contributed by atoms with Crippen LogP contribution in [0.15, 0.2) is 23.3 Å². The number of hydrogen-bond donors (Lipinski definition) is 0. The van der Waals surface area contributed by atoms with E-state index < -0.39 is 23.6 Å². The number of rotatable bonds is 9. The standard InChI is InChI=1S/C19H32F4O/c1-9-13(4)16(10-2)12-14(5)15(6)24-19(22,23)18(20,21)17(7,8)11-3/h10,12-13,15H,9,11H2,1-8H3/b14-12-,16-10+. The molecule has 0 aromatic carbocycles. The first-order chi connectivity index (χ1) is 10.8. The van der Waals surface area contributed by atoms with Gasteiger partial charge in [0.25, 0.3) is 0 Å².